The standard InChI is InChI=1S/C18H33N5O7S/c1-9(2)6-11(16(27)22-12(18(29)30)7-14(20)25)21-17(28)13(8-24)23-15(26)10(19)4-5-31-3/h9-13,24H,4-8,19H2,1-3H3,(H2,20,25)(H,21,28)(H,22,27)(H,23,26)(H,29,30). The molecule has 0 aromatic heterocycles. The second-order valence-corrected chi connectivity index (χ2v) is 8.38. The number of rotatable bonds is 15. The molecular formula is C18H33N5O7S. The van der Waals surface area contributed by atoms with Crippen molar-refractivity contribution in [2.75, 3.05) is 18.6 Å². The van der Waals surface area contributed by atoms with Crippen LogP contribution >= 0.6 is 11.8 Å². The van der Waals surface area contributed by atoms with E-state index in [1.165, 1.54) is 11.8 Å². The van der Waals surface area contributed by atoms with Crippen LogP contribution in [0.4, 0.5) is 0 Å². The number of amides is 4. The second kappa shape index (κ2) is 14.6. The summed E-state index contributed by atoms with van der Waals surface area (Å²) in [5.41, 5.74) is 10.7. The number of carbonyl (C=O) groups is 5. The Kier molecular flexibility index (Phi) is 13.5. The number of carboxylic acids is 1. The monoisotopic (exact) mass is 463 g/mol. The third-order valence-electron chi connectivity index (χ3n) is 4.15. The molecule has 4 unspecified atom stereocenters. The number of nitrogens with two attached hydrogens (primary N) is 2. The van der Waals surface area contributed by atoms with E-state index in [2.05, 4.69) is 16.0 Å². The van der Waals surface area contributed by atoms with Crippen LogP contribution < -0.4 is 27.4 Å². The molecule has 0 rings (SSSR count). The summed E-state index contributed by atoms with van der Waals surface area (Å²) in [5, 5.41) is 25.6. The summed E-state index contributed by atoms with van der Waals surface area (Å²) in [6.07, 6.45) is 1.75. The van der Waals surface area contributed by atoms with Gasteiger partial charge in [0.05, 0.1) is 19.1 Å². The molecule has 0 radical (unpaired) electrons. The van der Waals surface area contributed by atoms with Crippen molar-refractivity contribution in [3.63, 3.8) is 0 Å². The molecule has 0 bridgehead atoms. The highest BCUT2D eigenvalue weighted by Gasteiger charge is 2.31. The van der Waals surface area contributed by atoms with E-state index in [9.17, 15) is 29.1 Å². The Balaban J connectivity index is 5.23. The van der Waals surface area contributed by atoms with E-state index in [1.54, 1.807) is 13.8 Å². The Labute approximate surface area is 185 Å². The second-order valence-electron chi connectivity index (χ2n) is 7.39. The quantitative estimate of drug-likeness (QED) is 0.137. The van der Waals surface area contributed by atoms with E-state index in [1.807, 2.05) is 6.26 Å². The number of thioether (sulfide) groups is 1. The van der Waals surface area contributed by atoms with Crippen LogP contribution in [0.3, 0.4) is 0 Å². The summed E-state index contributed by atoms with van der Waals surface area (Å²) in [4.78, 5) is 59.5. The molecule has 0 aliphatic carbocycles. The van der Waals surface area contributed by atoms with Crippen LogP contribution in [-0.2, 0) is 24.0 Å². The molecule has 0 aliphatic heterocycles. The number of carboxylic acid groups (broad SMARTS) is 1. The van der Waals surface area contributed by atoms with Crippen molar-refractivity contribution in [3.05, 3.63) is 0 Å². The number of hydrogen-bond donors (Lipinski definition) is 7. The Morgan fingerprint density at radius 2 is 1.45 bits per heavy atom. The lowest BCUT2D eigenvalue weighted by Gasteiger charge is -2.25. The zero-order valence-electron chi connectivity index (χ0n) is 17.9. The van der Waals surface area contributed by atoms with E-state index in [4.69, 9.17) is 16.6 Å². The van der Waals surface area contributed by atoms with Crippen LogP contribution in [0, 0.1) is 5.92 Å². The van der Waals surface area contributed by atoms with Crippen molar-refractivity contribution in [2.24, 2.45) is 17.4 Å². The van der Waals surface area contributed by atoms with E-state index in [-0.39, 0.29) is 12.3 Å². The van der Waals surface area contributed by atoms with Crippen LogP contribution in [-0.4, -0.2) is 82.6 Å². The van der Waals surface area contributed by atoms with E-state index >= 15 is 0 Å². The minimum Gasteiger partial charge on any atom is -0.480 e. The number of aliphatic hydroxyl groups is 1. The molecule has 31 heavy (non-hydrogen) atoms. The van der Waals surface area contributed by atoms with Gasteiger partial charge in [0.15, 0.2) is 0 Å². The average molecular weight is 464 g/mol. The van der Waals surface area contributed by atoms with E-state index in [0.717, 1.165) is 0 Å². The first-order chi connectivity index (χ1) is 14.4. The fraction of sp³-hybridized carbons (Fsp3) is 0.722. The predicted octanol–water partition coefficient (Wildman–Crippen LogP) is -2.48. The number of nitrogens with one attached hydrogen (secondary N) is 3. The lowest BCUT2D eigenvalue weighted by Crippen LogP contribution is -2.58. The highest BCUT2D eigenvalue weighted by atomic mass is 32.2. The minimum atomic E-state index is -1.56. The summed E-state index contributed by atoms with van der Waals surface area (Å²) in [5.74, 6) is -4.11. The number of hydrogen-bond acceptors (Lipinski definition) is 8. The van der Waals surface area contributed by atoms with Crippen molar-refractivity contribution >= 4 is 41.4 Å². The van der Waals surface area contributed by atoms with Gasteiger partial charge < -0.3 is 37.6 Å². The average Bonchev–Trinajstić information content (AvgIpc) is 2.67. The van der Waals surface area contributed by atoms with Gasteiger partial charge in [-0.15, -0.1) is 0 Å². The van der Waals surface area contributed by atoms with E-state index < -0.39 is 66.8 Å². The Hall–Kier alpha value is -2.38. The molecular weight excluding hydrogens is 430 g/mol. The summed E-state index contributed by atoms with van der Waals surface area (Å²) in [6.45, 7) is 2.82. The minimum absolute atomic E-state index is 0.0717. The number of carbonyl (C=O) groups excluding carboxylic acids is 4. The first kappa shape index (κ1) is 28.6. The highest BCUT2D eigenvalue weighted by Crippen LogP contribution is 2.07. The topological polar surface area (TPSA) is 214 Å². The van der Waals surface area contributed by atoms with Crippen LogP contribution in [0.1, 0.15) is 33.1 Å². The normalized spacial score (nSPS) is 14.8. The zero-order chi connectivity index (χ0) is 24.1. The third kappa shape index (κ3) is 11.5. The molecule has 178 valence electrons. The van der Waals surface area contributed by atoms with E-state index in [0.29, 0.717) is 12.2 Å². The van der Waals surface area contributed by atoms with Crippen molar-refractivity contribution in [2.45, 2.75) is 57.3 Å². The maximum atomic E-state index is 12.6. The molecule has 0 aromatic rings. The molecule has 12 nitrogen and oxygen atoms in total. The van der Waals surface area contributed by atoms with Gasteiger partial charge in [0.25, 0.3) is 0 Å². The number of aliphatic carboxylic acids is 1. The molecule has 0 aliphatic rings. The number of aliphatic hydroxyl groups excluding tert-OH is 1. The van der Waals surface area contributed by atoms with Gasteiger partial charge in [-0.05, 0) is 30.8 Å². The molecule has 0 heterocycles. The van der Waals surface area contributed by atoms with Gasteiger partial charge in [0, 0.05) is 0 Å². The van der Waals surface area contributed by atoms with Crippen LogP contribution in [0.5, 0.6) is 0 Å². The smallest absolute Gasteiger partial charge is 0.326 e. The van der Waals surface area contributed by atoms with Gasteiger partial charge in [0.1, 0.15) is 18.1 Å². The van der Waals surface area contributed by atoms with Crippen LogP contribution in [0.15, 0.2) is 0 Å². The molecule has 9 N–H and O–H groups in total. The van der Waals surface area contributed by atoms with Crippen molar-refractivity contribution in [1.82, 2.24) is 16.0 Å². The summed E-state index contributed by atoms with van der Waals surface area (Å²) >= 11 is 1.50. The fourth-order valence-corrected chi connectivity index (χ4v) is 2.99. The highest BCUT2D eigenvalue weighted by molar-refractivity contribution is 7.98. The third-order valence-corrected chi connectivity index (χ3v) is 4.79. The van der Waals surface area contributed by atoms with Gasteiger partial charge >= 0.3 is 5.97 Å². The van der Waals surface area contributed by atoms with Crippen LogP contribution in [0.25, 0.3) is 0 Å². The lowest BCUT2D eigenvalue weighted by atomic mass is 10.0. The largest absolute Gasteiger partial charge is 0.480 e. The molecule has 0 fully saturated rings. The molecule has 13 heteroatoms. The summed E-state index contributed by atoms with van der Waals surface area (Å²) in [6, 6.07) is -4.94. The van der Waals surface area contributed by atoms with Crippen LogP contribution in [0.2, 0.25) is 0 Å². The van der Waals surface area contributed by atoms with Gasteiger partial charge in [-0.25, -0.2) is 4.79 Å². The molecule has 0 spiro atoms. The lowest BCUT2D eigenvalue weighted by molar-refractivity contribution is -0.144. The molecule has 0 aromatic carbocycles. The summed E-state index contributed by atoms with van der Waals surface area (Å²) < 4.78 is 0. The maximum absolute atomic E-state index is 12.6. The molecule has 0 saturated carbocycles. The number of primary amides is 1. The Morgan fingerprint density at radius 3 is 1.90 bits per heavy atom. The van der Waals surface area contributed by atoms with Gasteiger partial charge in [-0.3, -0.25) is 19.2 Å². The Morgan fingerprint density at radius 1 is 0.935 bits per heavy atom. The van der Waals surface area contributed by atoms with Crippen molar-refractivity contribution < 1.29 is 34.2 Å². The van der Waals surface area contributed by atoms with Gasteiger partial charge in [-0.1, -0.05) is 13.8 Å². The molecule has 4 atom stereocenters. The summed E-state index contributed by atoms with van der Waals surface area (Å²) in [7, 11) is 0. The Bertz CT molecular complexity index is 647. The van der Waals surface area contributed by atoms with Gasteiger partial charge in [-0.2, -0.15) is 11.8 Å². The van der Waals surface area contributed by atoms with Crippen molar-refractivity contribution in [3.8, 4) is 0 Å². The maximum Gasteiger partial charge on any atom is 0.326 e. The zero-order valence-corrected chi connectivity index (χ0v) is 18.7. The predicted molar refractivity (Wildman–Crippen MR) is 115 cm³/mol. The fourth-order valence-electron chi connectivity index (χ4n) is 2.50. The first-order valence-corrected chi connectivity index (χ1v) is 11.1. The molecule has 4 amide bonds. The van der Waals surface area contributed by atoms with Crippen molar-refractivity contribution in [1.29, 1.82) is 0 Å². The molecule has 0 saturated heterocycles. The van der Waals surface area contributed by atoms with Gasteiger partial charge in [0.2, 0.25) is 23.6 Å². The SMILES string of the molecule is CSCCC(N)C(=O)NC(CO)C(=O)NC(CC(C)C)C(=O)NC(CC(N)=O)C(=O)O. The first-order valence-electron chi connectivity index (χ1n) is 9.70.